The summed E-state index contributed by atoms with van der Waals surface area (Å²) in [6.07, 6.45) is 18.8. The molecule has 0 amide bonds. The van der Waals surface area contributed by atoms with Crippen LogP contribution in [0.4, 0.5) is 0 Å². The Kier molecular flexibility index (Phi) is 20.1. The average molecular weight is 328 g/mol. The zero-order chi connectivity index (χ0) is 15.8. The number of rotatable bonds is 16. The van der Waals surface area contributed by atoms with E-state index in [1.165, 1.54) is 77.0 Å². The van der Waals surface area contributed by atoms with E-state index in [1.54, 1.807) is 0 Å². The van der Waals surface area contributed by atoms with Crippen LogP contribution in [0.15, 0.2) is 0 Å². The van der Waals surface area contributed by atoms with Crippen LogP contribution in [-0.2, 0) is 10.1 Å². The molecule has 0 aromatic heterocycles. The van der Waals surface area contributed by atoms with Crippen LogP contribution >= 0.6 is 0 Å². The predicted molar refractivity (Wildman–Crippen MR) is 98.5 cm³/mol. The molecule has 0 aliphatic heterocycles. The molecule has 0 aliphatic rings. The molecule has 0 spiro atoms. The van der Waals surface area contributed by atoms with Gasteiger partial charge in [0.1, 0.15) is 0 Å². The molecule has 0 rings (SSSR count). The van der Waals surface area contributed by atoms with Crippen LogP contribution in [0.3, 0.4) is 0 Å². The molecule has 0 unspecified atom stereocenters. The van der Waals surface area contributed by atoms with Gasteiger partial charge in [-0.05, 0) is 6.42 Å². The molecule has 0 radical (unpaired) electrons. The molecule has 0 saturated heterocycles. The van der Waals surface area contributed by atoms with Gasteiger partial charge in [-0.1, -0.05) is 96.8 Å². The van der Waals surface area contributed by atoms with Crippen molar-refractivity contribution >= 4 is 29.0 Å². The first-order chi connectivity index (χ1) is 10.1. The van der Waals surface area contributed by atoms with Crippen LogP contribution < -0.4 is 0 Å². The Morgan fingerprint density at radius 2 is 0.864 bits per heavy atom. The Morgan fingerprint density at radius 1 is 0.591 bits per heavy atom. The molecular formula is C17H37LiO3S. The summed E-state index contributed by atoms with van der Waals surface area (Å²) in [5, 5.41) is 0. The second kappa shape index (κ2) is 17.9. The van der Waals surface area contributed by atoms with E-state index in [4.69, 9.17) is 4.55 Å². The van der Waals surface area contributed by atoms with Gasteiger partial charge in [0.2, 0.25) is 0 Å². The zero-order valence-electron chi connectivity index (χ0n) is 14.0. The SMILES string of the molecule is CCCCCCCCCCCCCCCCCS(=O)(=O)O.[LiH]. The monoisotopic (exact) mass is 328 g/mol. The van der Waals surface area contributed by atoms with Crippen molar-refractivity contribution in [1.82, 2.24) is 0 Å². The van der Waals surface area contributed by atoms with E-state index in [0.29, 0.717) is 6.42 Å². The maximum absolute atomic E-state index is 10.5. The van der Waals surface area contributed by atoms with Crippen molar-refractivity contribution in [2.24, 2.45) is 0 Å². The first-order valence-electron chi connectivity index (χ1n) is 9.01. The molecule has 22 heavy (non-hydrogen) atoms. The minimum atomic E-state index is -3.74. The van der Waals surface area contributed by atoms with Crippen molar-refractivity contribution in [1.29, 1.82) is 0 Å². The quantitative estimate of drug-likeness (QED) is 0.244. The van der Waals surface area contributed by atoms with Gasteiger partial charge in [-0.3, -0.25) is 4.55 Å². The second-order valence-electron chi connectivity index (χ2n) is 6.24. The van der Waals surface area contributed by atoms with E-state index in [1.807, 2.05) is 0 Å². The van der Waals surface area contributed by atoms with Gasteiger partial charge in [-0.25, -0.2) is 0 Å². The minimum absolute atomic E-state index is 0. The summed E-state index contributed by atoms with van der Waals surface area (Å²) in [4.78, 5) is 0. The van der Waals surface area contributed by atoms with Gasteiger partial charge >= 0.3 is 18.9 Å². The van der Waals surface area contributed by atoms with Gasteiger partial charge in [-0.15, -0.1) is 0 Å². The molecule has 3 nitrogen and oxygen atoms in total. The maximum atomic E-state index is 10.5. The van der Waals surface area contributed by atoms with E-state index < -0.39 is 10.1 Å². The molecule has 5 heteroatoms. The Balaban J connectivity index is 0. The summed E-state index contributed by atoms with van der Waals surface area (Å²) in [6.45, 7) is 2.26. The van der Waals surface area contributed by atoms with Gasteiger partial charge in [0.25, 0.3) is 10.1 Å². The Hall–Kier alpha value is 0.507. The third-order valence-electron chi connectivity index (χ3n) is 4.01. The zero-order valence-corrected chi connectivity index (χ0v) is 14.8. The number of hydrogen-bond donors (Lipinski definition) is 1. The Labute approximate surface area is 151 Å². The molecule has 0 aliphatic carbocycles. The third kappa shape index (κ3) is 22.8. The summed E-state index contributed by atoms with van der Waals surface area (Å²) >= 11 is 0. The van der Waals surface area contributed by atoms with Crippen molar-refractivity contribution in [2.45, 2.75) is 103 Å². The Bertz CT molecular complexity index is 305. The van der Waals surface area contributed by atoms with Gasteiger partial charge < -0.3 is 0 Å². The summed E-state index contributed by atoms with van der Waals surface area (Å²) < 4.78 is 29.6. The molecule has 0 heterocycles. The summed E-state index contributed by atoms with van der Waals surface area (Å²) in [6, 6.07) is 0. The Morgan fingerprint density at radius 3 is 1.14 bits per heavy atom. The van der Waals surface area contributed by atoms with Crippen LogP contribution in [0, 0.1) is 0 Å². The fourth-order valence-electron chi connectivity index (χ4n) is 2.66. The standard InChI is InChI=1S/C17H36O3S.Li.H/c1-2-3-4-5-6-7-8-9-10-11-12-13-14-15-16-17-21(18,19)20;;/h2-17H2,1H3,(H,18,19,20);;. The van der Waals surface area contributed by atoms with E-state index in [-0.39, 0.29) is 24.6 Å². The van der Waals surface area contributed by atoms with Crippen molar-refractivity contribution in [3.05, 3.63) is 0 Å². The van der Waals surface area contributed by atoms with E-state index in [2.05, 4.69) is 6.92 Å². The van der Waals surface area contributed by atoms with Gasteiger partial charge in [0, 0.05) is 0 Å². The molecule has 0 atom stereocenters. The van der Waals surface area contributed by atoms with Crippen molar-refractivity contribution < 1.29 is 13.0 Å². The summed E-state index contributed by atoms with van der Waals surface area (Å²) in [5.41, 5.74) is 0. The summed E-state index contributed by atoms with van der Waals surface area (Å²) in [5.74, 6) is -0.0781. The average Bonchev–Trinajstić information content (AvgIpc) is 2.42. The van der Waals surface area contributed by atoms with Crippen LogP contribution in [-0.4, -0.2) is 37.6 Å². The van der Waals surface area contributed by atoms with Crippen LogP contribution in [0.5, 0.6) is 0 Å². The van der Waals surface area contributed by atoms with Crippen LogP contribution in [0.25, 0.3) is 0 Å². The third-order valence-corrected chi connectivity index (χ3v) is 4.81. The molecule has 0 aromatic carbocycles. The fraction of sp³-hybridized carbons (Fsp3) is 1.00. The summed E-state index contributed by atoms with van der Waals surface area (Å²) in [7, 11) is -3.74. The molecule has 0 bridgehead atoms. The van der Waals surface area contributed by atoms with Crippen LogP contribution in [0.2, 0.25) is 0 Å². The number of unbranched alkanes of at least 4 members (excludes halogenated alkanes) is 14. The molecule has 0 fully saturated rings. The molecular weight excluding hydrogens is 291 g/mol. The molecule has 130 valence electrons. The van der Waals surface area contributed by atoms with Gasteiger partial charge in [0.15, 0.2) is 0 Å². The molecule has 1 N–H and O–H groups in total. The van der Waals surface area contributed by atoms with Crippen molar-refractivity contribution in [3.8, 4) is 0 Å². The van der Waals surface area contributed by atoms with Crippen LogP contribution in [0.1, 0.15) is 103 Å². The van der Waals surface area contributed by atoms with Gasteiger partial charge in [0.05, 0.1) is 5.75 Å². The van der Waals surface area contributed by atoms with Gasteiger partial charge in [-0.2, -0.15) is 8.42 Å². The molecule has 0 aromatic rings. The fourth-order valence-corrected chi connectivity index (χ4v) is 3.22. The normalized spacial score (nSPS) is 11.4. The van der Waals surface area contributed by atoms with Crippen molar-refractivity contribution in [3.63, 3.8) is 0 Å². The van der Waals surface area contributed by atoms with Crippen molar-refractivity contribution in [2.75, 3.05) is 5.75 Å². The van der Waals surface area contributed by atoms with E-state index in [0.717, 1.165) is 12.8 Å². The van der Waals surface area contributed by atoms with E-state index in [9.17, 15) is 8.42 Å². The molecule has 0 saturated carbocycles. The first-order valence-corrected chi connectivity index (χ1v) is 10.6. The topological polar surface area (TPSA) is 54.4 Å². The predicted octanol–water partition coefficient (Wildman–Crippen LogP) is 5.10. The first kappa shape index (κ1) is 24.8. The van der Waals surface area contributed by atoms with E-state index >= 15 is 0 Å². The number of hydrogen-bond acceptors (Lipinski definition) is 2. The second-order valence-corrected chi connectivity index (χ2v) is 7.81.